The quantitative estimate of drug-likeness (QED) is 0.486. The van der Waals surface area contributed by atoms with E-state index in [0.29, 0.717) is 18.1 Å². The number of ether oxygens (including phenoxy) is 3. The minimum absolute atomic E-state index is 0.260. The summed E-state index contributed by atoms with van der Waals surface area (Å²) in [5, 5.41) is 0. The minimum Gasteiger partial charge on any atom is -0.497 e. The van der Waals surface area contributed by atoms with Crippen LogP contribution in [-0.2, 0) is 19.0 Å². The number of fused-ring (bicyclic) bond motifs is 3. The Morgan fingerprint density at radius 2 is 2.10 bits per heavy atom. The van der Waals surface area contributed by atoms with Gasteiger partial charge in [-0.2, -0.15) is 0 Å². The van der Waals surface area contributed by atoms with Crippen molar-refractivity contribution in [2.45, 2.75) is 12.8 Å². The molecule has 2 heterocycles. The van der Waals surface area contributed by atoms with Gasteiger partial charge in [0, 0.05) is 28.2 Å². The molecular weight excluding hydrogens is 386 g/mol. The molecule has 0 aromatic rings. The van der Waals surface area contributed by atoms with Crippen molar-refractivity contribution in [3.05, 3.63) is 80.1 Å². The Balaban J connectivity index is 1.57. The van der Waals surface area contributed by atoms with E-state index in [4.69, 9.17) is 14.2 Å². The highest BCUT2D eigenvalue weighted by Crippen LogP contribution is 2.47. The maximum Gasteiger partial charge on any atom is 0.344 e. The highest BCUT2D eigenvalue weighted by molar-refractivity contribution is 8.07. The third-order valence-corrected chi connectivity index (χ3v) is 6.23. The van der Waals surface area contributed by atoms with Crippen molar-refractivity contribution in [3.63, 3.8) is 0 Å². The van der Waals surface area contributed by atoms with Crippen LogP contribution in [0.15, 0.2) is 80.1 Å². The molecule has 0 aromatic carbocycles. The molecule has 2 aliphatic heterocycles. The van der Waals surface area contributed by atoms with Gasteiger partial charge >= 0.3 is 5.97 Å². The van der Waals surface area contributed by atoms with E-state index in [1.54, 1.807) is 7.11 Å². The predicted molar refractivity (Wildman–Crippen MR) is 115 cm³/mol. The largest absolute Gasteiger partial charge is 0.497 e. The zero-order valence-electron chi connectivity index (χ0n) is 17.0. The summed E-state index contributed by atoms with van der Waals surface area (Å²) < 4.78 is 16.8. The first-order valence-corrected chi connectivity index (χ1v) is 10.5. The molecule has 0 N–H and O–H groups in total. The number of carbonyl (C=O) groups is 1. The fraction of sp³-hybridized carbons (Fsp3) is 0.348. The first-order chi connectivity index (χ1) is 14.1. The predicted octanol–water partition coefficient (Wildman–Crippen LogP) is 4.01. The summed E-state index contributed by atoms with van der Waals surface area (Å²) in [6, 6.07) is 0. The van der Waals surface area contributed by atoms with Crippen LogP contribution in [0.25, 0.3) is 0 Å². The van der Waals surface area contributed by atoms with Crippen LogP contribution in [-0.4, -0.2) is 51.8 Å². The lowest BCUT2D eigenvalue weighted by Gasteiger charge is -2.18. The average molecular weight is 412 g/mol. The molecular formula is C23H25NO4S. The van der Waals surface area contributed by atoms with Crippen LogP contribution in [0.4, 0.5) is 0 Å². The summed E-state index contributed by atoms with van der Waals surface area (Å²) in [6.07, 6.45) is 14.0. The van der Waals surface area contributed by atoms with Crippen molar-refractivity contribution in [3.8, 4) is 0 Å². The van der Waals surface area contributed by atoms with Crippen molar-refractivity contribution >= 4 is 17.7 Å². The Hall–Kier alpha value is -2.44. The first-order valence-electron chi connectivity index (χ1n) is 9.72. The first kappa shape index (κ1) is 19.9. The number of thioether (sulfide) groups is 1. The molecule has 5 nitrogen and oxygen atoms in total. The highest BCUT2D eigenvalue weighted by atomic mass is 32.2. The standard InChI is InChI=1S/C23H25NO4S/c1-24(2)10-5-11-27-23(25)20-9-8-15-6-4-7-18-19(22(15)29-20)13-16-12-17(26-3)14-28-21(16)18/h4,7-9,12-13H,5-6,10-11,14H2,1-3H3. The van der Waals surface area contributed by atoms with Crippen molar-refractivity contribution < 1.29 is 19.0 Å². The van der Waals surface area contributed by atoms with Gasteiger partial charge in [-0.3, -0.25) is 0 Å². The summed E-state index contributed by atoms with van der Waals surface area (Å²) in [7, 11) is 5.67. The van der Waals surface area contributed by atoms with E-state index >= 15 is 0 Å². The van der Waals surface area contributed by atoms with Crippen LogP contribution in [0, 0.1) is 0 Å². The molecule has 0 spiro atoms. The van der Waals surface area contributed by atoms with Gasteiger partial charge in [-0.25, -0.2) is 4.79 Å². The Morgan fingerprint density at radius 1 is 1.24 bits per heavy atom. The Labute approximate surface area is 175 Å². The van der Waals surface area contributed by atoms with E-state index in [2.05, 4.69) is 23.1 Å². The summed E-state index contributed by atoms with van der Waals surface area (Å²) in [5.41, 5.74) is 4.38. The van der Waals surface area contributed by atoms with E-state index in [1.165, 1.54) is 17.3 Å². The molecule has 4 rings (SSSR count). The molecule has 152 valence electrons. The molecule has 0 atom stereocenters. The molecule has 6 heteroatoms. The third kappa shape index (κ3) is 4.14. The van der Waals surface area contributed by atoms with Gasteiger partial charge in [0.2, 0.25) is 0 Å². The van der Waals surface area contributed by atoms with Gasteiger partial charge < -0.3 is 19.1 Å². The van der Waals surface area contributed by atoms with Crippen molar-refractivity contribution in [1.82, 2.24) is 4.90 Å². The SMILES string of the molecule is COC1=CC2=CC3=C4SC(C(=O)OCCCN(C)C)=CC=C4CC=CC3=C2OC1. The molecule has 0 unspecified atom stereocenters. The average Bonchev–Trinajstić information content (AvgIpc) is 2.98. The van der Waals surface area contributed by atoms with Crippen LogP contribution >= 0.6 is 11.8 Å². The summed E-state index contributed by atoms with van der Waals surface area (Å²) in [5.74, 6) is 1.43. The molecule has 0 radical (unpaired) electrons. The maximum atomic E-state index is 12.6. The fourth-order valence-electron chi connectivity index (χ4n) is 3.55. The molecule has 4 aliphatic rings. The molecule has 29 heavy (non-hydrogen) atoms. The van der Waals surface area contributed by atoms with Gasteiger partial charge in [0.1, 0.15) is 18.1 Å². The zero-order chi connectivity index (χ0) is 20.4. The van der Waals surface area contributed by atoms with Crippen LogP contribution in [0.3, 0.4) is 0 Å². The molecule has 0 amide bonds. The number of allylic oxidation sites excluding steroid dienone is 9. The van der Waals surface area contributed by atoms with E-state index in [0.717, 1.165) is 52.5 Å². The second-order valence-corrected chi connectivity index (χ2v) is 8.47. The van der Waals surface area contributed by atoms with Gasteiger partial charge in [-0.15, -0.1) is 0 Å². The van der Waals surface area contributed by atoms with Gasteiger partial charge in [0.15, 0.2) is 0 Å². The molecule has 0 bridgehead atoms. The smallest absolute Gasteiger partial charge is 0.344 e. The molecule has 0 saturated carbocycles. The number of hydrogen-bond acceptors (Lipinski definition) is 6. The molecule has 0 saturated heterocycles. The Morgan fingerprint density at radius 3 is 2.90 bits per heavy atom. The Kier molecular flexibility index (Phi) is 5.83. The summed E-state index contributed by atoms with van der Waals surface area (Å²) in [6.45, 7) is 1.76. The van der Waals surface area contributed by atoms with Gasteiger partial charge in [0.25, 0.3) is 0 Å². The number of methoxy groups -OCH3 is 1. The van der Waals surface area contributed by atoms with Crippen molar-refractivity contribution in [2.75, 3.05) is 41.0 Å². The second kappa shape index (κ2) is 8.51. The van der Waals surface area contributed by atoms with Crippen LogP contribution in [0.1, 0.15) is 12.8 Å². The van der Waals surface area contributed by atoms with Crippen LogP contribution < -0.4 is 0 Å². The number of hydrogen-bond donors (Lipinski definition) is 0. The van der Waals surface area contributed by atoms with Crippen molar-refractivity contribution in [2.24, 2.45) is 0 Å². The fourth-order valence-corrected chi connectivity index (χ4v) is 4.61. The number of esters is 1. The number of rotatable bonds is 6. The van der Waals surface area contributed by atoms with Crippen LogP contribution in [0.5, 0.6) is 0 Å². The topological polar surface area (TPSA) is 48.0 Å². The number of carbonyl (C=O) groups excluding carboxylic acids is 1. The van der Waals surface area contributed by atoms with Gasteiger partial charge in [-0.1, -0.05) is 30.0 Å². The van der Waals surface area contributed by atoms with Crippen LogP contribution in [0.2, 0.25) is 0 Å². The van der Waals surface area contributed by atoms with E-state index in [-0.39, 0.29) is 5.97 Å². The van der Waals surface area contributed by atoms with Crippen molar-refractivity contribution in [1.29, 1.82) is 0 Å². The van der Waals surface area contributed by atoms with Gasteiger partial charge in [0.05, 0.1) is 18.6 Å². The summed E-state index contributed by atoms with van der Waals surface area (Å²) in [4.78, 5) is 16.4. The normalized spacial score (nSPS) is 20.0. The molecule has 2 aliphatic carbocycles. The lowest BCUT2D eigenvalue weighted by atomic mass is 10.1. The zero-order valence-corrected chi connectivity index (χ0v) is 17.8. The lowest BCUT2D eigenvalue weighted by Crippen LogP contribution is -2.16. The third-order valence-electron chi connectivity index (χ3n) is 5.02. The minimum atomic E-state index is -0.260. The number of nitrogens with zero attached hydrogens (tertiary/aromatic N) is 1. The van der Waals surface area contributed by atoms with E-state index in [1.807, 2.05) is 32.3 Å². The second-order valence-electron chi connectivity index (χ2n) is 7.41. The molecule has 0 aromatic heterocycles. The van der Waals surface area contributed by atoms with Gasteiger partial charge in [-0.05, 0) is 50.7 Å². The summed E-state index contributed by atoms with van der Waals surface area (Å²) >= 11 is 1.49. The lowest BCUT2D eigenvalue weighted by molar-refractivity contribution is -0.138. The Bertz CT molecular complexity index is 944. The van der Waals surface area contributed by atoms with E-state index in [9.17, 15) is 4.79 Å². The maximum absolute atomic E-state index is 12.6. The van der Waals surface area contributed by atoms with E-state index < -0.39 is 0 Å². The monoisotopic (exact) mass is 411 g/mol. The highest BCUT2D eigenvalue weighted by Gasteiger charge is 2.31. The molecule has 0 fully saturated rings.